The molecule has 0 N–H and O–H groups in total. The van der Waals surface area contributed by atoms with Crippen LogP contribution in [0.2, 0.25) is 0 Å². The second-order valence-electron chi connectivity index (χ2n) is 6.22. The van der Waals surface area contributed by atoms with Crippen LogP contribution in [0.3, 0.4) is 0 Å². The highest BCUT2D eigenvalue weighted by atomic mass is 32.2. The summed E-state index contributed by atoms with van der Waals surface area (Å²) in [7, 11) is -0.981. The van der Waals surface area contributed by atoms with Crippen LogP contribution in [0.5, 0.6) is 5.75 Å². The largest absolute Gasteiger partial charge is 0.384 e. The van der Waals surface area contributed by atoms with Gasteiger partial charge < -0.3 is 8.71 Å². The lowest BCUT2D eigenvalue weighted by atomic mass is 10.1. The molecule has 2 aromatic carbocycles. The molecule has 0 bridgehead atoms. The van der Waals surface area contributed by atoms with E-state index in [9.17, 15) is 8.42 Å². The molecule has 0 spiro atoms. The quantitative estimate of drug-likeness (QED) is 0.616. The smallest absolute Gasteiger partial charge is 0.371 e. The first-order valence-corrected chi connectivity index (χ1v) is 9.91. The van der Waals surface area contributed by atoms with Crippen molar-refractivity contribution in [3.05, 3.63) is 54.1 Å². The van der Waals surface area contributed by atoms with Crippen molar-refractivity contribution in [2.24, 2.45) is 0 Å². The van der Waals surface area contributed by atoms with Crippen LogP contribution in [-0.4, -0.2) is 37.0 Å². The van der Waals surface area contributed by atoms with Gasteiger partial charge in [-0.25, -0.2) is 0 Å². The molecule has 27 heavy (non-hydrogen) atoms. The van der Waals surface area contributed by atoms with Crippen molar-refractivity contribution >= 4 is 10.3 Å². The van der Waals surface area contributed by atoms with Crippen LogP contribution < -0.4 is 4.18 Å². The van der Waals surface area contributed by atoms with Crippen LogP contribution in [0.25, 0.3) is 22.8 Å². The lowest BCUT2D eigenvalue weighted by Crippen LogP contribution is -2.26. The second kappa shape index (κ2) is 7.89. The van der Waals surface area contributed by atoms with Crippen molar-refractivity contribution in [2.45, 2.75) is 19.8 Å². The highest BCUT2D eigenvalue weighted by Gasteiger charge is 2.16. The van der Waals surface area contributed by atoms with E-state index in [1.54, 1.807) is 24.3 Å². The van der Waals surface area contributed by atoms with Crippen LogP contribution in [0.15, 0.2) is 53.1 Å². The van der Waals surface area contributed by atoms with Gasteiger partial charge in [-0.05, 0) is 48.4 Å². The number of aromatic nitrogens is 2. The Hall–Kier alpha value is -2.71. The lowest BCUT2D eigenvalue weighted by molar-refractivity contribution is 0.421. The minimum atomic E-state index is -3.78. The molecule has 0 fully saturated rings. The maximum atomic E-state index is 11.7. The van der Waals surface area contributed by atoms with Crippen LogP contribution >= 0.6 is 0 Å². The van der Waals surface area contributed by atoms with Gasteiger partial charge in [-0.1, -0.05) is 30.6 Å². The Bertz CT molecular complexity index is 994. The van der Waals surface area contributed by atoms with Crippen molar-refractivity contribution in [3.8, 4) is 28.6 Å². The van der Waals surface area contributed by atoms with Crippen molar-refractivity contribution in [1.29, 1.82) is 0 Å². The van der Waals surface area contributed by atoms with Crippen molar-refractivity contribution in [2.75, 3.05) is 14.1 Å². The zero-order valence-electron chi connectivity index (χ0n) is 15.4. The van der Waals surface area contributed by atoms with Gasteiger partial charge >= 0.3 is 10.3 Å². The SMILES string of the molecule is CCCc1ccc(-c2nc(-c3ccc(OS(=O)(=O)N(C)C)cc3)no2)cc1. The van der Waals surface area contributed by atoms with Gasteiger partial charge in [0, 0.05) is 25.2 Å². The Labute approximate surface area is 158 Å². The maximum absolute atomic E-state index is 11.7. The monoisotopic (exact) mass is 387 g/mol. The van der Waals surface area contributed by atoms with Crippen LogP contribution in [0.1, 0.15) is 18.9 Å². The standard InChI is InChI=1S/C19H21N3O4S/c1-4-5-14-6-8-16(9-7-14)19-20-18(21-25-19)15-10-12-17(13-11-15)26-27(23,24)22(2)3/h6-13H,4-5H2,1-3H3. The third-order valence-electron chi connectivity index (χ3n) is 3.93. The number of nitrogens with zero attached hydrogens (tertiary/aromatic N) is 3. The second-order valence-corrected chi connectivity index (χ2v) is 7.97. The third kappa shape index (κ3) is 4.53. The molecule has 1 heterocycles. The molecular formula is C19H21N3O4S. The fourth-order valence-corrected chi connectivity index (χ4v) is 2.92. The fourth-order valence-electron chi connectivity index (χ4n) is 2.42. The molecule has 0 saturated carbocycles. The van der Waals surface area contributed by atoms with Crippen molar-refractivity contribution in [3.63, 3.8) is 0 Å². The molecule has 0 amide bonds. The van der Waals surface area contributed by atoms with Gasteiger partial charge in [0.2, 0.25) is 5.82 Å². The Morgan fingerprint density at radius 1 is 1.00 bits per heavy atom. The number of hydrogen-bond acceptors (Lipinski definition) is 6. The van der Waals surface area contributed by atoms with Gasteiger partial charge in [0.25, 0.3) is 5.89 Å². The first kappa shape index (κ1) is 19.1. The van der Waals surface area contributed by atoms with Gasteiger partial charge in [0.1, 0.15) is 5.75 Å². The molecule has 0 aliphatic carbocycles. The van der Waals surface area contributed by atoms with Gasteiger partial charge in [-0.15, -0.1) is 0 Å². The molecule has 3 aromatic rings. The molecule has 0 radical (unpaired) electrons. The van der Waals surface area contributed by atoms with Gasteiger partial charge in [-0.3, -0.25) is 0 Å². The molecule has 0 aliphatic heterocycles. The van der Waals surface area contributed by atoms with Crippen molar-refractivity contribution < 1.29 is 17.1 Å². The Balaban J connectivity index is 1.76. The summed E-state index contributed by atoms with van der Waals surface area (Å²) in [6.45, 7) is 2.14. The summed E-state index contributed by atoms with van der Waals surface area (Å²) in [5, 5.41) is 4.00. The molecule has 8 heteroatoms. The van der Waals surface area contributed by atoms with Gasteiger partial charge in [-0.2, -0.15) is 17.7 Å². The van der Waals surface area contributed by atoms with E-state index in [0.717, 1.165) is 22.7 Å². The molecule has 0 unspecified atom stereocenters. The molecule has 0 atom stereocenters. The highest BCUT2D eigenvalue weighted by Crippen LogP contribution is 2.25. The summed E-state index contributed by atoms with van der Waals surface area (Å²) in [6, 6.07) is 14.5. The molecule has 0 aliphatic rings. The minimum absolute atomic E-state index is 0.211. The summed E-state index contributed by atoms with van der Waals surface area (Å²) in [4.78, 5) is 4.41. The van der Waals surface area contributed by atoms with E-state index in [2.05, 4.69) is 29.2 Å². The topological polar surface area (TPSA) is 85.5 Å². The average molecular weight is 387 g/mol. The molecule has 3 rings (SSSR count). The summed E-state index contributed by atoms with van der Waals surface area (Å²) < 4.78 is 34.8. The van der Waals surface area contributed by atoms with Gasteiger partial charge in [0.05, 0.1) is 0 Å². The predicted molar refractivity (Wildman–Crippen MR) is 102 cm³/mol. The maximum Gasteiger partial charge on any atom is 0.384 e. The van der Waals surface area contributed by atoms with Gasteiger partial charge in [0.15, 0.2) is 0 Å². The predicted octanol–water partition coefficient (Wildman–Crippen LogP) is 3.54. The van der Waals surface area contributed by atoms with Crippen LogP contribution in [-0.2, 0) is 16.7 Å². The summed E-state index contributed by atoms with van der Waals surface area (Å²) >= 11 is 0. The molecular weight excluding hydrogens is 366 g/mol. The molecule has 7 nitrogen and oxygen atoms in total. The fraction of sp³-hybridized carbons (Fsp3) is 0.263. The van der Waals surface area contributed by atoms with Crippen molar-refractivity contribution in [1.82, 2.24) is 14.4 Å². The zero-order chi connectivity index (χ0) is 19.4. The van der Waals surface area contributed by atoms with E-state index < -0.39 is 10.3 Å². The summed E-state index contributed by atoms with van der Waals surface area (Å²) in [6.07, 6.45) is 2.13. The first-order chi connectivity index (χ1) is 12.9. The Kier molecular flexibility index (Phi) is 5.57. The Morgan fingerprint density at radius 3 is 2.22 bits per heavy atom. The number of rotatable bonds is 7. The third-order valence-corrected chi connectivity index (χ3v) is 5.22. The number of aryl methyl sites for hydroxylation is 1. The van der Waals surface area contributed by atoms with E-state index in [0.29, 0.717) is 17.3 Å². The van der Waals surface area contributed by atoms with E-state index >= 15 is 0 Å². The van der Waals surface area contributed by atoms with Crippen LogP contribution in [0.4, 0.5) is 0 Å². The highest BCUT2D eigenvalue weighted by molar-refractivity contribution is 7.84. The first-order valence-electron chi connectivity index (χ1n) is 8.54. The zero-order valence-corrected chi connectivity index (χ0v) is 16.2. The van der Waals surface area contributed by atoms with Crippen LogP contribution in [0, 0.1) is 0 Å². The average Bonchev–Trinajstić information content (AvgIpc) is 3.13. The molecule has 1 aromatic heterocycles. The summed E-state index contributed by atoms with van der Waals surface area (Å²) in [5.74, 6) is 1.07. The lowest BCUT2D eigenvalue weighted by Gasteiger charge is -2.11. The molecule has 0 saturated heterocycles. The van der Waals surface area contributed by atoms with E-state index in [1.165, 1.54) is 19.7 Å². The normalized spacial score (nSPS) is 11.7. The summed E-state index contributed by atoms with van der Waals surface area (Å²) in [5.41, 5.74) is 2.82. The number of hydrogen-bond donors (Lipinski definition) is 0. The molecule has 142 valence electrons. The minimum Gasteiger partial charge on any atom is -0.371 e. The van der Waals surface area contributed by atoms with E-state index in [4.69, 9.17) is 8.71 Å². The van der Waals surface area contributed by atoms with E-state index in [1.807, 2.05) is 12.1 Å². The van der Waals surface area contributed by atoms with E-state index in [-0.39, 0.29) is 5.75 Å². The Morgan fingerprint density at radius 2 is 1.63 bits per heavy atom. The number of benzene rings is 2.